The van der Waals surface area contributed by atoms with Crippen LogP contribution in [-0.2, 0) is 0 Å². The lowest BCUT2D eigenvalue weighted by molar-refractivity contribution is 0.435. The molecule has 1 aliphatic carbocycles. The summed E-state index contributed by atoms with van der Waals surface area (Å²) in [6.07, 6.45) is 4.03. The van der Waals surface area contributed by atoms with Gasteiger partial charge in [-0.25, -0.2) is 9.97 Å². The van der Waals surface area contributed by atoms with Gasteiger partial charge in [-0.1, -0.05) is 13.8 Å². The van der Waals surface area contributed by atoms with Crippen LogP contribution in [0.4, 0.5) is 11.6 Å². The maximum atomic E-state index is 5.77. The summed E-state index contributed by atoms with van der Waals surface area (Å²) in [4.78, 5) is 8.23. The highest BCUT2D eigenvalue weighted by atomic mass is 15.1. The van der Waals surface area contributed by atoms with Crippen LogP contribution in [0.3, 0.4) is 0 Å². The van der Waals surface area contributed by atoms with Gasteiger partial charge in [0, 0.05) is 11.6 Å². The van der Waals surface area contributed by atoms with Crippen LogP contribution < -0.4 is 11.1 Å². The second-order valence-corrected chi connectivity index (χ2v) is 4.90. The minimum atomic E-state index is 0.517. The predicted octanol–water partition coefficient (Wildman–Crippen LogP) is 2.21. The summed E-state index contributed by atoms with van der Waals surface area (Å²) < 4.78 is 0. The van der Waals surface area contributed by atoms with E-state index in [2.05, 4.69) is 29.1 Å². The van der Waals surface area contributed by atoms with Gasteiger partial charge in [-0.15, -0.1) is 0 Å². The summed E-state index contributed by atoms with van der Waals surface area (Å²) >= 11 is 0. The van der Waals surface area contributed by atoms with Crippen molar-refractivity contribution in [3.63, 3.8) is 0 Å². The van der Waals surface area contributed by atoms with Gasteiger partial charge in [-0.2, -0.15) is 0 Å². The molecule has 0 saturated heterocycles. The summed E-state index contributed by atoms with van der Waals surface area (Å²) in [5.74, 6) is 2.93. The van der Waals surface area contributed by atoms with Gasteiger partial charge in [-0.3, -0.25) is 0 Å². The highest BCUT2D eigenvalue weighted by Crippen LogP contribution is 2.33. The molecule has 16 heavy (non-hydrogen) atoms. The Bertz CT molecular complexity index is 377. The van der Waals surface area contributed by atoms with E-state index in [1.54, 1.807) is 0 Å². The van der Waals surface area contributed by atoms with E-state index in [0.717, 1.165) is 17.3 Å². The standard InChI is InChI=1S/C12H20N4/c1-7-4-5-10(8(7)2)16-12-9(3)11(13)14-6-15-12/h6-8,10H,4-5H2,1-3H3,(H3,13,14,15,16). The van der Waals surface area contributed by atoms with Gasteiger partial charge in [0.05, 0.1) is 0 Å². The summed E-state index contributed by atoms with van der Waals surface area (Å²) in [5.41, 5.74) is 6.72. The van der Waals surface area contributed by atoms with Crippen molar-refractivity contribution < 1.29 is 0 Å². The van der Waals surface area contributed by atoms with Crippen molar-refractivity contribution in [1.29, 1.82) is 0 Å². The quantitative estimate of drug-likeness (QED) is 0.802. The van der Waals surface area contributed by atoms with Crippen molar-refractivity contribution in [3.05, 3.63) is 11.9 Å². The molecule has 1 aliphatic rings. The summed E-state index contributed by atoms with van der Waals surface area (Å²) in [7, 11) is 0. The molecule has 1 saturated carbocycles. The molecule has 2 rings (SSSR count). The van der Waals surface area contributed by atoms with Gasteiger partial charge < -0.3 is 11.1 Å². The lowest BCUT2D eigenvalue weighted by Crippen LogP contribution is -2.25. The molecule has 4 nitrogen and oxygen atoms in total. The van der Waals surface area contributed by atoms with E-state index in [9.17, 15) is 0 Å². The van der Waals surface area contributed by atoms with Crippen molar-refractivity contribution in [3.8, 4) is 0 Å². The zero-order chi connectivity index (χ0) is 11.7. The van der Waals surface area contributed by atoms with Crippen LogP contribution in [0.1, 0.15) is 32.3 Å². The van der Waals surface area contributed by atoms with Crippen molar-refractivity contribution in [2.75, 3.05) is 11.1 Å². The molecule has 3 N–H and O–H groups in total. The molecule has 0 aliphatic heterocycles. The predicted molar refractivity (Wildman–Crippen MR) is 66.2 cm³/mol. The highest BCUT2D eigenvalue weighted by molar-refractivity contribution is 5.54. The lowest BCUT2D eigenvalue weighted by atomic mass is 9.98. The number of rotatable bonds is 2. The molecule has 1 aromatic heterocycles. The highest BCUT2D eigenvalue weighted by Gasteiger charge is 2.30. The van der Waals surface area contributed by atoms with Crippen LogP contribution in [-0.4, -0.2) is 16.0 Å². The third-order valence-electron chi connectivity index (χ3n) is 3.91. The topological polar surface area (TPSA) is 63.8 Å². The zero-order valence-corrected chi connectivity index (χ0v) is 10.2. The minimum Gasteiger partial charge on any atom is -0.383 e. The summed E-state index contributed by atoms with van der Waals surface area (Å²) in [5, 5.41) is 3.50. The second kappa shape index (κ2) is 4.28. The first kappa shape index (κ1) is 11.2. The van der Waals surface area contributed by atoms with Crippen LogP contribution in [0.25, 0.3) is 0 Å². The van der Waals surface area contributed by atoms with Gasteiger partial charge in [0.15, 0.2) is 0 Å². The van der Waals surface area contributed by atoms with Crippen molar-refractivity contribution in [2.24, 2.45) is 11.8 Å². The number of hydrogen-bond donors (Lipinski definition) is 2. The average molecular weight is 220 g/mol. The average Bonchev–Trinajstić information content (AvgIpc) is 2.57. The Kier molecular flexibility index (Phi) is 2.99. The van der Waals surface area contributed by atoms with Gasteiger partial charge in [0.25, 0.3) is 0 Å². The number of hydrogen-bond acceptors (Lipinski definition) is 4. The minimum absolute atomic E-state index is 0.517. The van der Waals surface area contributed by atoms with Crippen molar-refractivity contribution in [1.82, 2.24) is 9.97 Å². The van der Waals surface area contributed by atoms with E-state index in [1.807, 2.05) is 6.92 Å². The Hall–Kier alpha value is -1.32. The number of nitrogen functional groups attached to an aromatic ring is 1. The fourth-order valence-electron chi connectivity index (χ4n) is 2.35. The number of anilines is 2. The molecule has 1 heterocycles. The van der Waals surface area contributed by atoms with E-state index in [-0.39, 0.29) is 0 Å². The monoisotopic (exact) mass is 220 g/mol. The Morgan fingerprint density at radius 1 is 1.31 bits per heavy atom. The molecule has 1 fully saturated rings. The number of nitrogens with two attached hydrogens (primary N) is 1. The Labute approximate surface area is 96.7 Å². The van der Waals surface area contributed by atoms with E-state index in [1.165, 1.54) is 19.2 Å². The fourth-order valence-corrected chi connectivity index (χ4v) is 2.35. The number of nitrogens with zero attached hydrogens (tertiary/aromatic N) is 2. The van der Waals surface area contributed by atoms with Crippen molar-refractivity contribution >= 4 is 11.6 Å². The van der Waals surface area contributed by atoms with Crippen LogP contribution in [0.2, 0.25) is 0 Å². The lowest BCUT2D eigenvalue weighted by Gasteiger charge is -2.21. The SMILES string of the molecule is Cc1c(N)ncnc1NC1CCC(C)C1C. The van der Waals surface area contributed by atoms with Crippen LogP contribution in [0.15, 0.2) is 6.33 Å². The van der Waals surface area contributed by atoms with Crippen LogP contribution in [0.5, 0.6) is 0 Å². The molecular weight excluding hydrogens is 200 g/mol. The molecule has 0 aromatic carbocycles. The van der Waals surface area contributed by atoms with Gasteiger partial charge in [-0.05, 0) is 31.6 Å². The maximum Gasteiger partial charge on any atom is 0.134 e. The van der Waals surface area contributed by atoms with E-state index < -0.39 is 0 Å². The molecular formula is C12H20N4. The van der Waals surface area contributed by atoms with Crippen LogP contribution >= 0.6 is 0 Å². The molecule has 3 atom stereocenters. The number of aromatic nitrogens is 2. The van der Waals surface area contributed by atoms with E-state index >= 15 is 0 Å². The molecule has 3 unspecified atom stereocenters. The van der Waals surface area contributed by atoms with E-state index in [0.29, 0.717) is 17.8 Å². The molecule has 4 heteroatoms. The van der Waals surface area contributed by atoms with Crippen molar-refractivity contribution in [2.45, 2.75) is 39.7 Å². The van der Waals surface area contributed by atoms with Gasteiger partial charge in [0.1, 0.15) is 18.0 Å². The molecule has 0 radical (unpaired) electrons. The normalized spacial score (nSPS) is 29.3. The molecule has 88 valence electrons. The zero-order valence-electron chi connectivity index (χ0n) is 10.2. The van der Waals surface area contributed by atoms with Gasteiger partial charge in [0.2, 0.25) is 0 Å². The third-order valence-corrected chi connectivity index (χ3v) is 3.91. The first-order chi connectivity index (χ1) is 7.59. The number of nitrogens with one attached hydrogen (secondary N) is 1. The smallest absolute Gasteiger partial charge is 0.134 e. The molecule has 1 aromatic rings. The first-order valence-electron chi connectivity index (χ1n) is 5.93. The largest absolute Gasteiger partial charge is 0.383 e. The van der Waals surface area contributed by atoms with Crippen LogP contribution in [0, 0.1) is 18.8 Å². The van der Waals surface area contributed by atoms with E-state index in [4.69, 9.17) is 5.73 Å². The Morgan fingerprint density at radius 2 is 2.06 bits per heavy atom. The molecule has 0 amide bonds. The maximum absolute atomic E-state index is 5.77. The molecule has 0 bridgehead atoms. The first-order valence-corrected chi connectivity index (χ1v) is 5.93. The fraction of sp³-hybridized carbons (Fsp3) is 0.667. The Balaban J connectivity index is 2.12. The summed E-state index contributed by atoms with van der Waals surface area (Å²) in [6, 6.07) is 0.517. The summed E-state index contributed by atoms with van der Waals surface area (Å²) in [6.45, 7) is 6.57. The second-order valence-electron chi connectivity index (χ2n) is 4.90. The Morgan fingerprint density at radius 3 is 2.69 bits per heavy atom. The molecule has 0 spiro atoms. The van der Waals surface area contributed by atoms with Gasteiger partial charge >= 0.3 is 0 Å². The third kappa shape index (κ3) is 1.96.